The fourth-order valence-electron chi connectivity index (χ4n) is 2.45. The van der Waals surface area contributed by atoms with Gasteiger partial charge in [0.05, 0.1) is 5.69 Å². The van der Waals surface area contributed by atoms with E-state index >= 15 is 0 Å². The first-order chi connectivity index (χ1) is 9.28. The molecule has 0 unspecified atom stereocenters. The van der Waals surface area contributed by atoms with Gasteiger partial charge in [-0.1, -0.05) is 18.2 Å². The smallest absolute Gasteiger partial charge is 0.414 e. The molecule has 0 N–H and O–H groups in total. The lowest BCUT2D eigenvalue weighted by Gasteiger charge is -2.25. The Labute approximate surface area is 119 Å². The third-order valence-corrected chi connectivity index (χ3v) is 3.13. The highest BCUT2D eigenvalue weighted by atomic mass is 16.6. The van der Waals surface area contributed by atoms with Crippen molar-refractivity contribution in [1.82, 2.24) is 0 Å². The molecular weight excluding hydrogens is 254 g/mol. The van der Waals surface area contributed by atoms with E-state index in [9.17, 15) is 9.59 Å². The molecule has 0 saturated carbocycles. The zero-order valence-corrected chi connectivity index (χ0v) is 12.5. The maximum atomic E-state index is 12.3. The van der Waals surface area contributed by atoms with Gasteiger partial charge in [-0.05, 0) is 45.2 Å². The van der Waals surface area contributed by atoms with Crippen LogP contribution in [0.2, 0.25) is 0 Å². The van der Waals surface area contributed by atoms with Gasteiger partial charge in [0.1, 0.15) is 11.4 Å². The van der Waals surface area contributed by atoms with E-state index in [0.29, 0.717) is 13.0 Å². The highest BCUT2D eigenvalue weighted by Gasteiger charge is 2.30. The second-order valence-corrected chi connectivity index (χ2v) is 6.19. The van der Waals surface area contributed by atoms with Crippen molar-refractivity contribution in [2.45, 2.75) is 46.1 Å². The van der Waals surface area contributed by atoms with Crippen LogP contribution in [0, 0.1) is 0 Å². The summed E-state index contributed by atoms with van der Waals surface area (Å²) in [6.45, 7) is 7.72. The zero-order chi connectivity index (χ0) is 14.9. The summed E-state index contributed by atoms with van der Waals surface area (Å²) in [5.74, 6) is 0.0921. The number of ether oxygens (including phenoxy) is 1. The summed E-state index contributed by atoms with van der Waals surface area (Å²) in [4.78, 5) is 25.3. The van der Waals surface area contributed by atoms with Crippen LogP contribution in [-0.4, -0.2) is 24.0 Å². The summed E-state index contributed by atoms with van der Waals surface area (Å²) in [5, 5.41) is 0. The number of fused-ring (bicyclic) bond motifs is 1. The lowest BCUT2D eigenvalue weighted by Crippen LogP contribution is -2.36. The van der Waals surface area contributed by atoms with Gasteiger partial charge in [0.2, 0.25) is 0 Å². The van der Waals surface area contributed by atoms with Crippen molar-refractivity contribution in [2.24, 2.45) is 0 Å². The Hall–Kier alpha value is -1.84. The largest absolute Gasteiger partial charge is 0.443 e. The second-order valence-electron chi connectivity index (χ2n) is 6.19. The number of hydrogen-bond acceptors (Lipinski definition) is 3. The summed E-state index contributed by atoms with van der Waals surface area (Å²) in [6, 6.07) is 5.85. The van der Waals surface area contributed by atoms with Crippen LogP contribution in [0.1, 0.15) is 38.8 Å². The van der Waals surface area contributed by atoms with E-state index in [0.717, 1.165) is 23.2 Å². The third kappa shape index (κ3) is 3.18. The van der Waals surface area contributed by atoms with Crippen LogP contribution in [0.5, 0.6) is 0 Å². The quantitative estimate of drug-likeness (QED) is 0.833. The summed E-state index contributed by atoms with van der Waals surface area (Å²) in [5.41, 5.74) is 2.35. The summed E-state index contributed by atoms with van der Waals surface area (Å²) < 4.78 is 5.44. The molecule has 1 aliphatic heterocycles. The molecule has 1 aromatic rings. The predicted molar refractivity (Wildman–Crippen MR) is 78.1 cm³/mol. The number of para-hydroxylation sites is 1. The lowest BCUT2D eigenvalue weighted by molar-refractivity contribution is -0.116. The monoisotopic (exact) mass is 275 g/mol. The first kappa shape index (κ1) is 14.6. The molecule has 1 aromatic carbocycles. The van der Waals surface area contributed by atoms with Gasteiger partial charge in [0.15, 0.2) is 0 Å². The highest BCUT2D eigenvalue weighted by Crippen LogP contribution is 2.33. The molecule has 2 rings (SSSR count). The summed E-state index contributed by atoms with van der Waals surface area (Å²) >= 11 is 0. The molecule has 20 heavy (non-hydrogen) atoms. The van der Waals surface area contributed by atoms with Crippen molar-refractivity contribution in [3.05, 3.63) is 29.3 Å². The van der Waals surface area contributed by atoms with Gasteiger partial charge in [-0.15, -0.1) is 0 Å². The number of carbonyl (C=O) groups is 2. The van der Waals surface area contributed by atoms with E-state index in [1.807, 2.05) is 39.0 Å². The molecule has 0 bridgehead atoms. The van der Waals surface area contributed by atoms with Crippen LogP contribution in [0.3, 0.4) is 0 Å². The molecule has 108 valence electrons. The van der Waals surface area contributed by atoms with Crippen LogP contribution in [0.25, 0.3) is 0 Å². The Balaban J connectivity index is 2.31. The Bertz CT molecular complexity index is 543. The highest BCUT2D eigenvalue weighted by molar-refractivity contribution is 5.93. The van der Waals surface area contributed by atoms with Gasteiger partial charge in [-0.25, -0.2) is 4.79 Å². The van der Waals surface area contributed by atoms with Gasteiger partial charge in [-0.3, -0.25) is 9.69 Å². The molecule has 4 heteroatoms. The van der Waals surface area contributed by atoms with E-state index in [1.54, 1.807) is 11.8 Å². The molecular formula is C16H21NO3. The predicted octanol–water partition coefficient (Wildman–Crippen LogP) is 3.12. The molecule has 0 fully saturated rings. The summed E-state index contributed by atoms with van der Waals surface area (Å²) in [7, 11) is 0. The van der Waals surface area contributed by atoms with Gasteiger partial charge < -0.3 is 4.74 Å². The van der Waals surface area contributed by atoms with Gasteiger partial charge >= 0.3 is 6.09 Å². The second kappa shape index (κ2) is 5.27. The molecule has 1 heterocycles. The number of ketones is 1. The minimum absolute atomic E-state index is 0.0921. The Morgan fingerprint density at radius 2 is 2.00 bits per heavy atom. The van der Waals surface area contributed by atoms with Crippen LogP contribution in [0.4, 0.5) is 10.5 Å². The van der Waals surface area contributed by atoms with Crippen LogP contribution in [-0.2, 0) is 22.4 Å². The Kier molecular flexibility index (Phi) is 3.84. The number of amides is 1. The van der Waals surface area contributed by atoms with E-state index in [2.05, 4.69) is 0 Å². The van der Waals surface area contributed by atoms with E-state index in [4.69, 9.17) is 4.74 Å². The maximum absolute atomic E-state index is 12.3. The molecule has 0 aromatic heterocycles. The number of carbonyl (C=O) groups excluding carboxylic acids is 2. The SMILES string of the molecule is CC(=O)Cc1cccc2c1N(C(=O)OC(C)(C)C)CC2. The van der Waals surface area contributed by atoms with Crippen LogP contribution in [0.15, 0.2) is 18.2 Å². The average Bonchev–Trinajstić information content (AvgIpc) is 2.70. The molecule has 1 amide bonds. The van der Waals surface area contributed by atoms with Crippen molar-refractivity contribution >= 4 is 17.6 Å². The van der Waals surface area contributed by atoms with E-state index < -0.39 is 5.60 Å². The number of hydrogen-bond donors (Lipinski definition) is 0. The molecule has 0 saturated heterocycles. The van der Waals surface area contributed by atoms with Gasteiger partial charge in [-0.2, -0.15) is 0 Å². The zero-order valence-electron chi connectivity index (χ0n) is 12.5. The number of Topliss-reactive ketones (excluding diaryl/α,β-unsaturated/α-hetero) is 1. The molecule has 1 aliphatic rings. The van der Waals surface area contributed by atoms with Crippen molar-refractivity contribution in [3.8, 4) is 0 Å². The minimum atomic E-state index is -0.518. The first-order valence-electron chi connectivity index (χ1n) is 6.88. The maximum Gasteiger partial charge on any atom is 0.414 e. The summed E-state index contributed by atoms with van der Waals surface area (Å²) in [6.07, 6.45) is 0.815. The third-order valence-electron chi connectivity index (χ3n) is 3.13. The average molecular weight is 275 g/mol. The standard InChI is InChI=1S/C16H21NO3/c1-11(18)10-13-7-5-6-12-8-9-17(14(12)13)15(19)20-16(2,3)4/h5-7H,8-10H2,1-4H3. The molecule has 0 radical (unpaired) electrons. The number of benzene rings is 1. The molecule has 0 spiro atoms. The Morgan fingerprint density at radius 1 is 1.30 bits per heavy atom. The van der Waals surface area contributed by atoms with Crippen molar-refractivity contribution in [2.75, 3.05) is 11.4 Å². The Morgan fingerprint density at radius 3 is 2.60 bits per heavy atom. The van der Waals surface area contributed by atoms with Crippen molar-refractivity contribution in [3.63, 3.8) is 0 Å². The van der Waals surface area contributed by atoms with E-state index in [1.165, 1.54) is 0 Å². The fourth-order valence-corrected chi connectivity index (χ4v) is 2.45. The molecule has 0 atom stereocenters. The first-order valence-corrected chi connectivity index (χ1v) is 6.88. The van der Waals surface area contributed by atoms with Gasteiger partial charge in [0, 0.05) is 13.0 Å². The van der Waals surface area contributed by atoms with Gasteiger partial charge in [0.25, 0.3) is 0 Å². The fraction of sp³-hybridized carbons (Fsp3) is 0.500. The minimum Gasteiger partial charge on any atom is -0.443 e. The van der Waals surface area contributed by atoms with E-state index in [-0.39, 0.29) is 11.9 Å². The van der Waals surface area contributed by atoms with Crippen LogP contribution >= 0.6 is 0 Å². The lowest BCUT2D eigenvalue weighted by atomic mass is 10.0. The number of nitrogens with zero attached hydrogens (tertiary/aromatic N) is 1. The number of rotatable bonds is 2. The van der Waals surface area contributed by atoms with Crippen molar-refractivity contribution < 1.29 is 14.3 Å². The number of anilines is 1. The topological polar surface area (TPSA) is 46.6 Å². The molecule has 0 aliphatic carbocycles. The normalized spacial score (nSPS) is 14.1. The van der Waals surface area contributed by atoms with Crippen molar-refractivity contribution in [1.29, 1.82) is 0 Å². The molecule has 4 nitrogen and oxygen atoms in total. The van der Waals surface area contributed by atoms with Crippen LogP contribution < -0.4 is 4.90 Å².